The van der Waals surface area contributed by atoms with Crippen molar-refractivity contribution in [3.05, 3.63) is 29.8 Å². The molecule has 16 heavy (non-hydrogen) atoms. The Kier molecular flexibility index (Phi) is 2.63. The molecule has 0 spiro atoms. The molecule has 1 aliphatic rings. The summed E-state index contributed by atoms with van der Waals surface area (Å²) in [5.41, 5.74) is -0.580. The van der Waals surface area contributed by atoms with Crippen LogP contribution in [0.1, 0.15) is 10.4 Å². The summed E-state index contributed by atoms with van der Waals surface area (Å²) in [6, 6.07) is 8.94. The van der Waals surface area contributed by atoms with Gasteiger partial charge in [0.25, 0.3) is 0 Å². The molecule has 0 amide bonds. The first-order valence-electron chi connectivity index (χ1n) is 4.90. The molecular weight excluding hydrogens is 206 g/mol. The molecule has 0 N–H and O–H groups in total. The van der Waals surface area contributed by atoms with E-state index in [1.54, 1.807) is 24.3 Å². The van der Waals surface area contributed by atoms with Crippen LogP contribution in [-0.4, -0.2) is 26.1 Å². The lowest BCUT2D eigenvalue weighted by Gasteiger charge is -2.33. The second-order valence-corrected chi connectivity index (χ2v) is 3.72. The molecule has 1 heterocycles. The van der Waals surface area contributed by atoms with E-state index in [9.17, 15) is 4.79 Å². The molecule has 0 radical (unpaired) electrons. The van der Waals surface area contributed by atoms with Crippen molar-refractivity contribution >= 4 is 5.78 Å². The third-order valence-corrected chi connectivity index (χ3v) is 2.70. The maximum absolute atomic E-state index is 12.2. The zero-order valence-corrected chi connectivity index (χ0v) is 8.90. The summed E-state index contributed by atoms with van der Waals surface area (Å²) in [5.74, 6) is 0.271. The fraction of sp³-hybridized carbons (Fsp3) is 0.333. The Hall–Kier alpha value is -1.86. The summed E-state index contributed by atoms with van der Waals surface area (Å²) in [7, 11) is 1.50. The highest BCUT2D eigenvalue weighted by Gasteiger charge is 2.47. The Labute approximate surface area is 93.4 Å². The van der Waals surface area contributed by atoms with Crippen LogP contribution in [0, 0.1) is 16.7 Å². The molecule has 0 saturated carbocycles. The lowest BCUT2D eigenvalue weighted by Crippen LogP contribution is -2.48. The highest BCUT2D eigenvalue weighted by Crippen LogP contribution is 2.33. The Morgan fingerprint density at radius 2 is 2.19 bits per heavy atom. The van der Waals surface area contributed by atoms with Gasteiger partial charge < -0.3 is 9.47 Å². The Morgan fingerprint density at radius 3 is 2.69 bits per heavy atom. The lowest BCUT2D eigenvalue weighted by molar-refractivity contribution is -0.0567. The molecule has 4 nitrogen and oxygen atoms in total. The molecule has 0 aliphatic carbocycles. The maximum atomic E-state index is 12.2. The Bertz CT molecular complexity index is 458. The van der Waals surface area contributed by atoms with Gasteiger partial charge in [0, 0.05) is 0 Å². The topological polar surface area (TPSA) is 59.3 Å². The third kappa shape index (κ3) is 1.46. The normalized spacial score (nSPS) is 17.0. The van der Waals surface area contributed by atoms with Crippen molar-refractivity contribution in [3.63, 3.8) is 0 Å². The first-order valence-corrected chi connectivity index (χ1v) is 4.90. The van der Waals surface area contributed by atoms with Crippen LogP contribution in [0.2, 0.25) is 0 Å². The monoisotopic (exact) mass is 217 g/mol. The van der Waals surface area contributed by atoms with Crippen LogP contribution >= 0.6 is 0 Å². The van der Waals surface area contributed by atoms with Crippen LogP contribution in [0.4, 0.5) is 0 Å². The van der Waals surface area contributed by atoms with Crippen molar-refractivity contribution in [2.75, 3.05) is 20.3 Å². The molecule has 82 valence electrons. The SMILES string of the molecule is COc1ccccc1C(=O)C1(C#N)COC1. The minimum Gasteiger partial charge on any atom is -0.496 e. The molecule has 0 bridgehead atoms. The summed E-state index contributed by atoms with van der Waals surface area (Å²) in [4.78, 5) is 12.2. The van der Waals surface area contributed by atoms with Crippen LogP contribution in [0.25, 0.3) is 0 Å². The maximum Gasteiger partial charge on any atom is 0.191 e. The molecular formula is C12H11NO3. The first kappa shape index (κ1) is 10.7. The number of ketones is 1. The van der Waals surface area contributed by atoms with Gasteiger partial charge >= 0.3 is 0 Å². The number of rotatable bonds is 3. The summed E-state index contributed by atoms with van der Waals surface area (Å²) in [6.07, 6.45) is 0. The Balaban J connectivity index is 2.38. The molecule has 0 atom stereocenters. The molecule has 1 saturated heterocycles. The molecule has 0 aromatic heterocycles. The second kappa shape index (κ2) is 3.95. The Morgan fingerprint density at radius 1 is 1.50 bits per heavy atom. The van der Waals surface area contributed by atoms with Crippen LogP contribution < -0.4 is 4.74 Å². The van der Waals surface area contributed by atoms with Gasteiger partial charge in [0.15, 0.2) is 11.2 Å². The highest BCUT2D eigenvalue weighted by atomic mass is 16.5. The van der Waals surface area contributed by atoms with Crippen molar-refractivity contribution in [1.29, 1.82) is 5.26 Å². The summed E-state index contributed by atoms with van der Waals surface area (Å²) >= 11 is 0. The van der Waals surface area contributed by atoms with Gasteiger partial charge in [-0.05, 0) is 12.1 Å². The predicted octanol–water partition coefficient (Wildman–Crippen LogP) is 1.42. The second-order valence-electron chi connectivity index (χ2n) is 3.72. The average Bonchev–Trinajstić information content (AvgIpc) is 2.28. The van der Waals surface area contributed by atoms with Crippen LogP contribution in [0.15, 0.2) is 24.3 Å². The van der Waals surface area contributed by atoms with Crippen molar-refractivity contribution < 1.29 is 14.3 Å². The number of benzene rings is 1. The number of Topliss-reactive ketones (excluding diaryl/α,β-unsaturated/α-hetero) is 1. The van der Waals surface area contributed by atoms with E-state index in [4.69, 9.17) is 14.7 Å². The van der Waals surface area contributed by atoms with Gasteiger partial charge in [-0.15, -0.1) is 0 Å². The lowest BCUT2D eigenvalue weighted by atomic mass is 9.80. The van der Waals surface area contributed by atoms with Crippen molar-refractivity contribution in [3.8, 4) is 11.8 Å². The van der Waals surface area contributed by atoms with Gasteiger partial charge in [-0.3, -0.25) is 4.79 Å². The summed E-state index contributed by atoms with van der Waals surface area (Å²) < 4.78 is 10.1. The number of nitrogens with zero attached hydrogens (tertiary/aromatic N) is 1. The van der Waals surface area contributed by atoms with E-state index in [1.807, 2.05) is 6.07 Å². The standard InChI is InChI=1S/C12H11NO3/c1-15-10-5-3-2-4-9(10)11(14)12(6-13)7-16-8-12/h2-5H,7-8H2,1H3. The molecule has 1 aromatic carbocycles. The smallest absolute Gasteiger partial charge is 0.191 e. The predicted molar refractivity (Wildman–Crippen MR) is 56.2 cm³/mol. The van der Waals surface area contributed by atoms with Gasteiger partial charge in [-0.1, -0.05) is 12.1 Å². The zero-order chi connectivity index (χ0) is 11.6. The number of hydrogen-bond acceptors (Lipinski definition) is 4. The van der Waals surface area contributed by atoms with Crippen molar-refractivity contribution in [2.24, 2.45) is 5.41 Å². The molecule has 1 fully saturated rings. The molecule has 4 heteroatoms. The summed E-state index contributed by atoms with van der Waals surface area (Å²) in [6.45, 7) is 0.334. The highest BCUT2D eigenvalue weighted by molar-refractivity contribution is 6.05. The molecule has 1 aromatic rings. The number of carbonyl (C=O) groups is 1. The molecule has 0 unspecified atom stereocenters. The van der Waals surface area contributed by atoms with E-state index < -0.39 is 5.41 Å². The largest absolute Gasteiger partial charge is 0.496 e. The van der Waals surface area contributed by atoms with E-state index in [0.29, 0.717) is 11.3 Å². The van der Waals surface area contributed by atoms with Crippen LogP contribution in [0.3, 0.4) is 0 Å². The third-order valence-electron chi connectivity index (χ3n) is 2.70. The number of methoxy groups -OCH3 is 1. The molecule has 1 aliphatic heterocycles. The van der Waals surface area contributed by atoms with Crippen LogP contribution in [0.5, 0.6) is 5.75 Å². The van der Waals surface area contributed by atoms with E-state index in [1.165, 1.54) is 7.11 Å². The van der Waals surface area contributed by atoms with Gasteiger partial charge in [-0.2, -0.15) is 5.26 Å². The quantitative estimate of drug-likeness (QED) is 0.718. The average molecular weight is 217 g/mol. The molecule has 2 rings (SSSR count). The minimum atomic E-state index is -1.02. The van der Waals surface area contributed by atoms with E-state index >= 15 is 0 Å². The van der Waals surface area contributed by atoms with Gasteiger partial charge in [-0.25, -0.2) is 0 Å². The van der Waals surface area contributed by atoms with Crippen molar-refractivity contribution in [1.82, 2.24) is 0 Å². The van der Waals surface area contributed by atoms with E-state index in [-0.39, 0.29) is 19.0 Å². The number of para-hydroxylation sites is 1. The number of hydrogen-bond donors (Lipinski definition) is 0. The number of carbonyl (C=O) groups excluding carboxylic acids is 1. The van der Waals surface area contributed by atoms with Crippen LogP contribution in [-0.2, 0) is 4.74 Å². The fourth-order valence-corrected chi connectivity index (χ4v) is 1.64. The first-order chi connectivity index (χ1) is 7.73. The fourth-order valence-electron chi connectivity index (χ4n) is 1.64. The number of ether oxygens (including phenoxy) is 2. The summed E-state index contributed by atoms with van der Waals surface area (Å²) in [5, 5.41) is 9.04. The van der Waals surface area contributed by atoms with E-state index in [0.717, 1.165) is 0 Å². The number of nitriles is 1. The van der Waals surface area contributed by atoms with E-state index in [2.05, 4.69) is 0 Å². The minimum absolute atomic E-state index is 0.167. The van der Waals surface area contributed by atoms with Gasteiger partial charge in [0.1, 0.15) is 5.75 Å². The zero-order valence-electron chi connectivity index (χ0n) is 8.90. The van der Waals surface area contributed by atoms with Gasteiger partial charge in [0.05, 0.1) is 32.0 Å². The van der Waals surface area contributed by atoms with Gasteiger partial charge in [0.2, 0.25) is 0 Å². The van der Waals surface area contributed by atoms with Crippen molar-refractivity contribution in [2.45, 2.75) is 0 Å².